The van der Waals surface area contributed by atoms with Gasteiger partial charge in [0, 0.05) is 45.7 Å². The number of fused-ring (bicyclic) bond motifs is 2. The molecule has 0 bridgehead atoms. The van der Waals surface area contributed by atoms with Crippen LogP contribution in [0.3, 0.4) is 0 Å². The van der Waals surface area contributed by atoms with Gasteiger partial charge in [-0.25, -0.2) is 0 Å². The average Bonchev–Trinajstić information content (AvgIpc) is 2.89. The van der Waals surface area contributed by atoms with Crippen molar-refractivity contribution in [3.63, 3.8) is 0 Å². The molecule has 1 aromatic rings. The van der Waals surface area contributed by atoms with Gasteiger partial charge in [0.25, 0.3) is 0 Å². The Morgan fingerprint density at radius 1 is 1.23 bits per heavy atom. The van der Waals surface area contributed by atoms with Crippen LogP contribution >= 0.6 is 0 Å². The van der Waals surface area contributed by atoms with Gasteiger partial charge < -0.3 is 10.1 Å². The molecule has 5 nitrogen and oxygen atoms in total. The molecular weight excluding hydrogens is 278 g/mol. The number of ether oxygens (including phenoxy) is 1. The van der Waals surface area contributed by atoms with Crippen molar-refractivity contribution in [2.75, 3.05) is 39.3 Å². The molecule has 0 radical (unpaired) electrons. The van der Waals surface area contributed by atoms with Crippen LogP contribution in [0.1, 0.15) is 17.5 Å². The van der Waals surface area contributed by atoms with E-state index in [2.05, 4.69) is 33.3 Å². The van der Waals surface area contributed by atoms with Gasteiger partial charge in [0.1, 0.15) is 5.75 Å². The SMILES string of the molecule is O=C1NCCN2CCN(Cc3ccc4c(c3)CCO4)CCC12. The predicted octanol–water partition coefficient (Wildman–Crippen LogP) is 0.628. The van der Waals surface area contributed by atoms with E-state index in [4.69, 9.17) is 4.74 Å². The average molecular weight is 301 g/mol. The second-order valence-electron chi connectivity index (χ2n) is 6.45. The van der Waals surface area contributed by atoms with Gasteiger partial charge in [-0.3, -0.25) is 14.6 Å². The van der Waals surface area contributed by atoms with Crippen molar-refractivity contribution < 1.29 is 9.53 Å². The van der Waals surface area contributed by atoms with Crippen LogP contribution in [0.15, 0.2) is 18.2 Å². The Morgan fingerprint density at radius 2 is 2.18 bits per heavy atom. The molecule has 22 heavy (non-hydrogen) atoms. The molecule has 1 aromatic carbocycles. The van der Waals surface area contributed by atoms with E-state index in [9.17, 15) is 4.79 Å². The van der Waals surface area contributed by atoms with Crippen LogP contribution in [0.25, 0.3) is 0 Å². The number of hydrogen-bond acceptors (Lipinski definition) is 4. The number of hydrogen-bond donors (Lipinski definition) is 1. The van der Waals surface area contributed by atoms with Crippen molar-refractivity contribution in [3.05, 3.63) is 29.3 Å². The third-order valence-electron chi connectivity index (χ3n) is 5.02. The Labute approximate surface area is 131 Å². The lowest BCUT2D eigenvalue weighted by atomic mass is 10.1. The lowest BCUT2D eigenvalue weighted by Gasteiger charge is -2.32. The van der Waals surface area contributed by atoms with E-state index in [0.29, 0.717) is 0 Å². The van der Waals surface area contributed by atoms with E-state index < -0.39 is 0 Å². The fourth-order valence-corrected chi connectivity index (χ4v) is 3.78. The number of amides is 1. The number of piperazine rings is 1. The highest BCUT2D eigenvalue weighted by atomic mass is 16.5. The monoisotopic (exact) mass is 301 g/mol. The Morgan fingerprint density at radius 3 is 3.14 bits per heavy atom. The summed E-state index contributed by atoms with van der Waals surface area (Å²) in [6.45, 7) is 6.58. The van der Waals surface area contributed by atoms with E-state index in [-0.39, 0.29) is 11.9 Å². The molecule has 4 rings (SSSR count). The van der Waals surface area contributed by atoms with Crippen LogP contribution in [-0.2, 0) is 17.8 Å². The van der Waals surface area contributed by atoms with Crippen LogP contribution in [0.5, 0.6) is 5.75 Å². The maximum atomic E-state index is 12.0. The van der Waals surface area contributed by atoms with Crippen LogP contribution in [0.4, 0.5) is 0 Å². The van der Waals surface area contributed by atoms with Crippen molar-refractivity contribution in [1.29, 1.82) is 0 Å². The second-order valence-corrected chi connectivity index (χ2v) is 6.45. The first-order chi connectivity index (χ1) is 10.8. The maximum absolute atomic E-state index is 12.0. The Hall–Kier alpha value is -1.59. The standard InChI is InChI=1S/C17H23N3O2/c21-17-15-3-6-19(8-9-20(15)7-5-18-17)12-13-1-2-16-14(11-13)4-10-22-16/h1-2,11,15H,3-10,12H2,(H,18,21). The number of carbonyl (C=O) groups is 1. The summed E-state index contributed by atoms with van der Waals surface area (Å²) in [6.07, 6.45) is 1.96. The third kappa shape index (κ3) is 2.71. The molecule has 1 amide bonds. The van der Waals surface area contributed by atoms with Gasteiger partial charge in [-0.05, 0) is 23.6 Å². The minimum Gasteiger partial charge on any atom is -0.493 e. The fourth-order valence-electron chi connectivity index (χ4n) is 3.78. The summed E-state index contributed by atoms with van der Waals surface area (Å²) in [7, 11) is 0. The van der Waals surface area contributed by atoms with E-state index in [0.717, 1.165) is 64.5 Å². The topological polar surface area (TPSA) is 44.8 Å². The minimum absolute atomic E-state index is 0.0761. The summed E-state index contributed by atoms with van der Waals surface area (Å²) < 4.78 is 5.57. The zero-order chi connectivity index (χ0) is 14.9. The summed E-state index contributed by atoms with van der Waals surface area (Å²) >= 11 is 0. The summed E-state index contributed by atoms with van der Waals surface area (Å²) in [5.41, 5.74) is 2.69. The first kappa shape index (κ1) is 14.0. The number of nitrogens with zero attached hydrogens (tertiary/aromatic N) is 2. The largest absolute Gasteiger partial charge is 0.493 e. The van der Waals surface area contributed by atoms with Gasteiger partial charge in [0.05, 0.1) is 12.6 Å². The molecule has 1 unspecified atom stereocenters. The van der Waals surface area contributed by atoms with Crippen molar-refractivity contribution in [2.45, 2.75) is 25.4 Å². The van der Waals surface area contributed by atoms with Crippen LogP contribution in [0, 0.1) is 0 Å². The molecule has 0 aromatic heterocycles. The lowest BCUT2D eigenvalue weighted by Crippen LogP contribution is -2.55. The molecule has 3 aliphatic rings. The summed E-state index contributed by atoms with van der Waals surface area (Å²) in [6, 6.07) is 6.64. The molecule has 1 atom stereocenters. The molecule has 2 fully saturated rings. The van der Waals surface area contributed by atoms with E-state index >= 15 is 0 Å². The summed E-state index contributed by atoms with van der Waals surface area (Å²) in [5.74, 6) is 1.26. The molecular formula is C17H23N3O2. The molecule has 1 N–H and O–H groups in total. The quantitative estimate of drug-likeness (QED) is 0.870. The molecule has 0 saturated carbocycles. The van der Waals surface area contributed by atoms with Gasteiger partial charge in [-0.2, -0.15) is 0 Å². The van der Waals surface area contributed by atoms with Crippen molar-refractivity contribution in [3.8, 4) is 5.75 Å². The molecule has 3 aliphatic heterocycles. The summed E-state index contributed by atoms with van der Waals surface area (Å²) in [5, 5.41) is 2.99. The maximum Gasteiger partial charge on any atom is 0.237 e. The van der Waals surface area contributed by atoms with E-state index in [1.807, 2.05) is 0 Å². The third-order valence-corrected chi connectivity index (χ3v) is 5.02. The van der Waals surface area contributed by atoms with E-state index in [1.54, 1.807) is 0 Å². The zero-order valence-corrected chi connectivity index (χ0v) is 12.9. The highest BCUT2D eigenvalue weighted by Gasteiger charge is 2.32. The van der Waals surface area contributed by atoms with Crippen molar-refractivity contribution in [2.24, 2.45) is 0 Å². The first-order valence-corrected chi connectivity index (χ1v) is 8.28. The summed E-state index contributed by atoms with van der Waals surface area (Å²) in [4.78, 5) is 16.8. The molecule has 118 valence electrons. The van der Waals surface area contributed by atoms with Crippen LogP contribution in [0.2, 0.25) is 0 Å². The van der Waals surface area contributed by atoms with E-state index in [1.165, 1.54) is 11.1 Å². The van der Waals surface area contributed by atoms with Gasteiger partial charge >= 0.3 is 0 Å². The lowest BCUT2D eigenvalue weighted by molar-refractivity contribution is -0.128. The first-order valence-electron chi connectivity index (χ1n) is 8.28. The van der Waals surface area contributed by atoms with Crippen LogP contribution in [-0.4, -0.2) is 61.1 Å². The smallest absolute Gasteiger partial charge is 0.237 e. The fraction of sp³-hybridized carbons (Fsp3) is 0.588. The Bertz CT molecular complexity index is 575. The normalized spacial score (nSPS) is 25.8. The highest BCUT2D eigenvalue weighted by molar-refractivity contribution is 5.82. The molecule has 0 spiro atoms. The number of rotatable bonds is 2. The molecule has 2 saturated heterocycles. The van der Waals surface area contributed by atoms with Gasteiger partial charge in [-0.1, -0.05) is 12.1 Å². The van der Waals surface area contributed by atoms with Crippen molar-refractivity contribution in [1.82, 2.24) is 15.1 Å². The molecule has 5 heteroatoms. The van der Waals surface area contributed by atoms with Gasteiger partial charge in [-0.15, -0.1) is 0 Å². The molecule has 0 aliphatic carbocycles. The molecule has 3 heterocycles. The second kappa shape index (κ2) is 5.89. The number of nitrogens with one attached hydrogen (secondary N) is 1. The van der Waals surface area contributed by atoms with Gasteiger partial charge in [0.15, 0.2) is 0 Å². The minimum atomic E-state index is 0.0761. The van der Waals surface area contributed by atoms with Gasteiger partial charge in [0.2, 0.25) is 5.91 Å². The predicted molar refractivity (Wildman–Crippen MR) is 83.9 cm³/mol. The Kier molecular flexibility index (Phi) is 3.76. The number of carbonyl (C=O) groups excluding carboxylic acids is 1. The zero-order valence-electron chi connectivity index (χ0n) is 12.9. The van der Waals surface area contributed by atoms with Crippen molar-refractivity contribution >= 4 is 5.91 Å². The highest BCUT2D eigenvalue weighted by Crippen LogP contribution is 2.26. The Balaban J connectivity index is 1.42. The van der Waals surface area contributed by atoms with Crippen LogP contribution < -0.4 is 10.1 Å². The number of benzene rings is 1.